The number of amides is 1. The third-order valence-corrected chi connectivity index (χ3v) is 3.21. The van der Waals surface area contributed by atoms with Crippen LogP contribution in [-0.4, -0.2) is 38.8 Å². The van der Waals surface area contributed by atoms with E-state index >= 15 is 0 Å². The molecule has 0 saturated carbocycles. The van der Waals surface area contributed by atoms with Gasteiger partial charge in [-0.05, 0) is 37.6 Å². The van der Waals surface area contributed by atoms with Gasteiger partial charge in [-0.2, -0.15) is 0 Å². The van der Waals surface area contributed by atoms with Crippen molar-refractivity contribution in [3.05, 3.63) is 24.3 Å². The fraction of sp³-hybridized carbons (Fsp3) is 0.562. The number of hydrogen-bond donors (Lipinski definition) is 2. The molecule has 0 saturated heterocycles. The summed E-state index contributed by atoms with van der Waals surface area (Å²) in [6, 6.07) is 7.83. The molecule has 0 fully saturated rings. The number of rotatable bonds is 10. The van der Waals surface area contributed by atoms with Crippen molar-refractivity contribution < 1.29 is 14.3 Å². The van der Waals surface area contributed by atoms with E-state index in [9.17, 15) is 4.79 Å². The largest absolute Gasteiger partial charge is 0.497 e. The summed E-state index contributed by atoms with van der Waals surface area (Å²) in [5.74, 6) is 1.61. The Morgan fingerprint density at radius 3 is 2.48 bits per heavy atom. The average Bonchev–Trinajstić information content (AvgIpc) is 2.52. The monoisotopic (exact) mass is 294 g/mol. The minimum absolute atomic E-state index is 0.0455. The minimum Gasteiger partial charge on any atom is -0.497 e. The number of carbonyl (C=O) groups excluding carboxylic acids is 1. The third kappa shape index (κ3) is 7.56. The molecule has 0 radical (unpaired) electrons. The lowest BCUT2D eigenvalue weighted by Crippen LogP contribution is -2.33. The van der Waals surface area contributed by atoms with Gasteiger partial charge in [0.15, 0.2) is 0 Å². The molecule has 1 unspecified atom stereocenters. The predicted octanol–water partition coefficient (Wildman–Crippen LogP) is 1.97. The van der Waals surface area contributed by atoms with Crippen LogP contribution >= 0.6 is 0 Å². The molecule has 1 amide bonds. The second kappa shape index (κ2) is 10.0. The second-order valence-corrected chi connectivity index (χ2v) is 4.89. The van der Waals surface area contributed by atoms with Gasteiger partial charge in [0, 0.05) is 19.0 Å². The van der Waals surface area contributed by atoms with Crippen molar-refractivity contribution in [1.82, 2.24) is 10.6 Å². The van der Waals surface area contributed by atoms with Crippen LogP contribution in [0, 0.1) is 0 Å². The van der Waals surface area contributed by atoms with Crippen molar-refractivity contribution in [3.8, 4) is 11.5 Å². The Labute approximate surface area is 127 Å². The van der Waals surface area contributed by atoms with Crippen LogP contribution in [0.5, 0.6) is 11.5 Å². The molecule has 0 aliphatic rings. The van der Waals surface area contributed by atoms with Crippen molar-refractivity contribution in [1.29, 1.82) is 0 Å². The molecule has 21 heavy (non-hydrogen) atoms. The maximum atomic E-state index is 11.6. The topological polar surface area (TPSA) is 59.6 Å². The molecule has 118 valence electrons. The standard InChI is InChI=1S/C16H26N2O3/c1-4-13(2)17-10-9-16(19)18-11-12-21-15-7-5-14(20-3)6-8-15/h5-8,13,17H,4,9-12H2,1-3H3,(H,18,19). The van der Waals surface area contributed by atoms with Gasteiger partial charge in [0.1, 0.15) is 18.1 Å². The third-order valence-electron chi connectivity index (χ3n) is 3.21. The minimum atomic E-state index is 0.0455. The summed E-state index contributed by atoms with van der Waals surface area (Å²) in [7, 11) is 1.63. The number of ether oxygens (including phenoxy) is 2. The first-order valence-corrected chi connectivity index (χ1v) is 7.42. The van der Waals surface area contributed by atoms with E-state index in [0.717, 1.165) is 17.9 Å². The average molecular weight is 294 g/mol. The molecule has 0 aliphatic heterocycles. The second-order valence-electron chi connectivity index (χ2n) is 4.89. The SMILES string of the molecule is CCC(C)NCCC(=O)NCCOc1ccc(OC)cc1. The fourth-order valence-corrected chi connectivity index (χ4v) is 1.70. The van der Waals surface area contributed by atoms with Crippen LogP contribution in [0.3, 0.4) is 0 Å². The highest BCUT2D eigenvalue weighted by Gasteiger charge is 2.02. The Bertz CT molecular complexity index is 406. The van der Waals surface area contributed by atoms with Gasteiger partial charge >= 0.3 is 0 Å². The van der Waals surface area contributed by atoms with Gasteiger partial charge in [0.2, 0.25) is 5.91 Å². The number of methoxy groups -OCH3 is 1. The summed E-state index contributed by atoms with van der Waals surface area (Å²) in [6.45, 7) is 5.90. The highest BCUT2D eigenvalue weighted by molar-refractivity contribution is 5.76. The first-order valence-electron chi connectivity index (χ1n) is 7.42. The molecule has 1 aromatic carbocycles. The molecule has 5 nitrogen and oxygen atoms in total. The summed E-state index contributed by atoms with van der Waals surface area (Å²) in [6.07, 6.45) is 1.56. The van der Waals surface area contributed by atoms with Gasteiger partial charge in [0.05, 0.1) is 13.7 Å². The van der Waals surface area contributed by atoms with E-state index in [1.165, 1.54) is 0 Å². The molecule has 2 N–H and O–H groups in total. The van der Waals surface area contributed by atoms with E-state index < -0.39 is 0 Å². The van der Waals surface area contributed by atoms with Gasteiger partial charge < -0.3 is 20.1 Å². The molecule has 1 aromatic rings. The zero-order chi connectivity index (χ0) is 15.5. The molecule has 0 bridgehead atoms. The molecule has 0 aromatic heterocycles. The van der Waals surface area contributed by atoms with Crippen molar-refractivity contribution in [2.24, 2.45) is 0 Å². The smallest absolute Gasteiger partial charge is 0.221 e. The highest BCUT2D eigenvalue weighted by Crippen LogP contribution is 2.16. The molecular formula is C16H26N2O3. The quantitative estimate of drug-likeness (QED) is 0.648. The van der Waals surface area contributed by atoms with Crippen molar-refractivity contribution in [2.75, 3.05) is 26.8 Å². The van der Waals surface area contributed by atoms with Crippen molar-refractivity contribution >= 4 is 5.91 Å². The summed E-state index contributed by atoms with van der Waals surface area (Å²) in [4.78, 5) is 11.6. The van der Waals surface area contributed by atoms with Crippen LogP contribution in [0.4, 0.5) is 0 Å². The van der Waals surface area contributed by atoms with E-state index in [1.54, 1.807) is 7.11 Å². The Kier molecular flexibility index (Phi) is 8.28. The van der Waals surface area contributed by atoms with Crippen LogP contribution in [-0.2, 0) is 4.79 Å². The molecular weight excluding hydrogens is 268 g/mol. The molecule has 0 aliphatic carbocycles. The van der Waals surface area contributed by atoms with Crippen LogP contribution in [0.1, 0.15) is 26.7 Å². The van der Waals surface area contributed by atoms with Gasteiger partial charge in [-0.1, -0.05) is 6.92 Å². The normalized spacial score (nSPS) is 11.8. The lowest BCUT2D eigenvalue weighted by atomic mass is 10.2. The lowest BCUT2D eigenvalue weighted by Gasteiger charge is -2.11. The van der Waals surface area contributed by atoms with Gasteiger partial charge in [-0.25, -0.2) is 0 Å². The maximum absolute atomic E-state index is 11.6. The zero-order valence-electron chi connectivity index (χ0n) is 13.1. The van der Waals surface area contributed by atoms with Gasteiger partial charge in [-0.3, -0.25) is 4.79 Å². The predicted molar refractivity (Wildman–Crippen MR) is 83.9 cm³/mol. The van der Waals surface area contributed by atoms with E-state index in [-0.39, 0.29) is 5.91 Å². The maximum Gasteiger partial charge on any atom is 0.221 e. The molecule has 1 atom stereocenters. The van der Waals surface area contributed by atoms with Crippen molar-refractivity contribution in [3.63, 3.8) is 0 Å². The summed E-state index contributed by atoms with van der Waals surface area (Å²) in [5.41, 5.74) is 0. The number of benzene rings is 1. The lowest BCUT2D eigenvalue weighted by molar-refractivity contribution is -0.121. The first kappa shape index (κ1) is 17.3. The van der Waals surface area contributed by atoms with E-state index in [1.807, 2.05) is 24.3 Å². The van der Waals surface area contributed by atoms with Crippen LogP contribution in [0.15, 0.2) is 24.3 Å². The molecule has 5 heteroatoms. The first-order chi connectivity index (χ1) is 10.2. The Morgan fingerprint density at radius 2 is 1.86 bits per heavy atom. The molecule has 1 rings (SSSR count). The number of nitrogens with one attached hydrogen (secondary N) is 2. The summed E-state index contributed by atoms with van der Waals surface area (Å²) >= 11 is 0. The van der Waals surface area contributed by atoms with Crippen LogP contribution in [0.2, 0.25) is 0 Å². The molecule has 0 spiro atoms. The number of hydrogen-bond acceptors (Lipinski definition) is 4. The van der Waals surface area contributed by atoms with E-state index in [4.69, 9.17) is 9.47 Å². The highest BCUT2D eigenvalue weighted by atomic mass is 16.5. The van der Waals surface area contributed by atoms with E-state index in [0.29, 0.717) is 32.2 Å². The Hall–Kier alpha value is -1.75. The number of carbonyl (C=O) groups is 1. The van der Waals surface area contributed by atoms with E-state index in [2.05, 4.69) is 24.5 Å². The Balaban J connectivity index is 2.08. The van der Waals surface area contributed by atoms with Gasteiger partial charge in [-0.15, -0.1) is 0 Å². The summed E-state index contributed by atoms with van der Waals surface area (Å²) < 4.78 is 10.6. The Morgan fingerprint density at radius 1 is 1.19 bits per heavy atom. The molecule has 0 heterocycles. The van der Waals surface area contributed by atoms with Crippen LogP contribution in [0.25, 0.3) is 0 Å². The fourth-order valence-electron chi connectivity index (χ4n) is 1.70. The van der Waals surface area contributed by atoms with Gasteiger partial charge in [0.25, 0.3) is 0 Å². The van der Waals surface area contributed by atoms with Crippen LogP contribution < -0.4 is 20.1 Å². The van der Waals surface area contributed by atoms with Crippen molar-refractivity contribution in [2.45, 2.75) is 32.7 Å². The zero-order valence-corrected chi connectivity index (χ0v) is 13.1. The summed E-state index contributed by atoms with van der Waals surface area (Å²) in [5, 5.41) is 6.12.